The maximum atomic E-state index is 14.6. The van der Waals surface area contributed by atoms with Crippen LogP contribution < -0.4 is 19.7 Å². The third kappa shape index (κ3) is 8.36. The SMILES string of the molecule is COc1ccc(C(C)N(CC(=O)N(c2cccc(F)c2)C(C(=O)NC2CC(F)(F)C2)c2ccccc2Cl)S(=O)(=O)NCCO)cc1. The Morgan fingerprint density at radius 3 is 2.35 bits per heavy atom. The Morgan fingerprint density at radius 1 is 1.09 bits per heavy atom. The van der Waals surface area contributed by atoms with Crippen molar-refractivity contribution in [3.63, 3.8) is 0 Å². The van der Waals surface area contributed by atoms with E-state index in [0.717, 1.165) is 21.3 Å². The molecule has 0 bridgehead atoms. The molecule has 1 saturated carbocycles. The van der Waals surface area contributed by atoms with E-state index in [0.29, 0.717) is 11.3 Å². The summed E-state index contributed by atoms with van der Waals surface area (Å²) in [4.78, 5) is 29.2. The predicted molar refractivity (Wildman–Crippen MR) is 166 cm³/mol. The molecule has 1 fully saturated rings. The third-order valence-electron chi connectivity index (χ3n) is 7.52. The molecule has 10 nitrogen and oxygen atoms in total. The van der Waals surface area contributed by atoms with Crippen molar-refractivity contribution in [1.29, 1.82) is 0 Å². The van der Waals surface area contributed by atoms with Gasteiger partial charge in [-0.05, 0) is 48.9 Å². The number of nitrogens with zero attached hydrogens (tertiary/aromatic N) is 2. The number of halogens is 4. The average molecular weight is 683 g/mol. The van der Waals surface area contributed by atoms with Gasteiger partial charge >= 0.3 is 0 Å². The largest absolute Gasteiger partial charge is 0.497 e. The van der Waals surface area contributed by atoms with Crippen LogP contribution in [0.1, 0.15) is 43.0 Å². The lowest BCUT2D eigenvalue weighted by Gasteiger charge is -2.39. The number of carbonyl (C=O) groups excluding carboxylic acids is 2. The fourth-order valence-corrected chi connectivity index (χ4v) is 6.72. The van der Waals surface area contributed by atoms with Gasteiger partial charge in [-0.25, -0.2) is 13.2 Å². The van der Waals surface area contributed by atoms with Gasteiger partial charge in [0.05, 0.1) is 20.3 Å². The fraction of sp³-hybridized carbons (Fsp3) is 0.355. The van der Waals surface area contributed by atoms with Crippen molar-refractivity contribution in [1.82, 2.24) is 14.3 Å². The van der Waals surface area contributed by atoms with E-state index in [4.69, 9.17) is 16.3 Å². The molecule has 0 aliphatic heterocycles. The van der Waals surface area contributed by atoms with E-state index < -0.39 is 77.9 Å². The third-order valence-corrected chi connectivity index (χ3v) is 9.50. The van der Waals surface area contributed by atoms with Crippen molar-refractivity contribution >= 4 is 39.3 Å². The van der Waals surface area contributed by atoms with Crippen molar-refractivity contribution in [3.05, 3.63) is 94.8 Å². The molecular formula is C31H34ClF3N4O6S. The molecule has 0 heterocycles. The Hall–Kier alpha value is -3.69. The molecule has 3 N–H and O–H groups in total. The Balaban J connectivity index is 1.80. The number of benzene rings is 3. The van der Waals surface area contributed by atoms with E-state index in [1.54, 1.807) is 36.4 Å². The monoisotopic (exact) mass is 682 g/mol. The van der Waals surface area contributed by atoms with Crippen LogP contribution in [0.2, 0.25) is 5.02 Å². The fourth-order valence-electron chi connectivity index (χ4n) is 5.15. The van der Waals surface area contributed by atoms with Crippen LogP contribution in [0.25, 0.3) is 0 Å². The smallest absolute Gasteiger partial charge is 0.280 e. The van der Waals surface area contributed by atoms with Crippen LogP contribution in [0.15, 0.2) is 72.8 Å². The second-order valence-electron chi connectivity index (χ2n) is 10.8. The van der Waals surface area contributed by atoms with Crippen molar-refractivity contribution in [2.75, 3.05) is 31.7 Å². The summed E-state index contributed by atoms with van der Waals surface area (Å²) in [5.41, 5.74) is 0.467. The number of rotatable bonds is 14. The zero-order valence-corrected chi connectivity index (χ0v) is 26.6. The molecule has 0 aromatic heterocycles. The molecule has 4 rings (SSSR count). The van der Waals surface area contributed by atoms with Gasteiger partial charge in [0.1, 0.15) is 17.6 Å². The standard InChI is InChI=1S/C31H34ClF3N4O6S/c1-20(21-10-12-25(45-2)13-11-21)38(46(43,44)36-14-15-40)19-28(41)39(24-7-5-6-22(33)16-24)29(26-8-3-4-9-27(26)32)30(42)37-23-17-31(34,35)18-23/h3-13,16,20,23,29,36,40H,14-15,17-19H2,1-2H3,(H,37,42). The van der Waals surface area contributed by atoms with Crippen molar-refractivity contribution in [2.45, 2.75) is 43.8 Å². The average Bonchev–Trinajstić information content (AvgIpc) is 3.00. The second-order valence-corrected chi connectivity index (χ2v) is 12.9. The minimum absolute atomic E-state index is 0.0523. The number of methoxy groups -OCH3 is 1. The topological polar surface area (TPSA) is 128 Å². The molecule has 2 atom stereocenters. The molecule has 2 amide bonds. The van der Waals surface area contributed by atoms with Crippen LogP contribution in [0, 0.1) is 5.82 Å². The van der Waals surface area contributed by atoms with Crippen molar-refractivity contribution in [2.24, 2.45) is 0 Å². The van der Waals surface area contributed by atoms with Crippen LogP contribution >= 0.6 is 11.6 Å². The first-order valence-corrected chi connectivity index (χ1v) is 16.1. The molecule has 2 unspecified atom stereocenters. The van der Waals surface area contributed by atoms with E-state index in [1.807, 2.05) is 0 Å². The van der Waals surface area contributed by atoms with Crippen LogP contribution in [0.4, 0.5) is 18.9 Å². The van der Waals surface area contributed by atoms with E-state index in [2.05, 4.69) is 10.0 Å². The van der Waals surface area contributed by atoms with Crippen LogP contribution in [-0.4, -0.2) is 68.4 Å². The predicted octanol–water partition coefficient (Wildman–Crippen LogP) is 4.37. The summed E-state index contributed by atoms with van der Waals surface area (Å²) in [7, 11) is -2.98. The van der Waals surface area contributed by atoms with Gasteiger partial charge in [0.2, 0.25) is 11.8 Å². The zero-order valence-electron chi connectivity index (χ0n) is 25.0. The number of anilines is 1. The number of amides is 2. The van der Waals surface area contributed by atoms with E-state index in [9.17, 15) is 36.3 Å². The van der Waals surface area contributed by atoms with Gasteiger partial charge in [0.15, 0.2) is 0 Å². The Kier molecular flexibility index (Phi) is 11.3. The van der Waals surface area contributed by atoms with Gasteiger partial charge in [-0.1, -0.05) is 48.0 Å². The number of carbonyl (C=O) groups is 2. The highest BCUT2D eigenvalue weighted by Crippen LogP contribution is 2.39. The minimum atomic E-state index is -4.45. The first-order chi connectivity index (χ1) is 21.8. The van der Waals surface area contributed by atoms with Crippen LogP contribution in [0.5, 0.6) is 5.75 Å². The highest BCUT2D eigenvalue weighted by molar-refractivity contribution is 7.87. The molecule has 248 valence electrons. The molecule has 0 radical (unpaired) electrons. The van der Waals surface area contributed by atoms with E-state index in [1.165, 1.54) is 38.3 Å². The summed E-state index contributed by atoms with van der Waals surface area (Å²) < 4.78 is 77.2. The number of ether oxygens (including phenoxy) is 1. The Morgan fingerprint density at radius 2 is 1.76 bits per heavy atom. The number of nitrogens with one attached hydrogen (secondary N) is 2. The maximum absolute atomic E-state index is 14.6. The van der Waals surface area contributed by atoms with Gasteiger partial charge in [0.25, 0.3) is 16.1 Å². The lowest BCUT2D eigenvalue weighted by Crippen LogP contribution is -2.55. The van der Waals surface area contributed by atoms with Gasteiger partial charge in [-0.15, -0.1) is 0 Å². The minimum Gasteiger partial charge on any atom is -0.497 e. The first-order valence-electron chi connectivity index (χ1n) is 14.3. The number of hydrogen-bond donors (Lipinski definition) is 3. The van der Waals surface area contributed by atoms with Crippen molar-refractivity contribution < 1.29 is 41.0 Å². The van der Waals surface area contributed by atoms with E-state index in [-0.39, 0.29) is 22.8 Å². The summed E-state index contributed by atoms with van der Waals surface area (Å²) in [6.07, 6.45) is -1.21. The first kappa shape index (κ1) is 35.2. The second kappa shape index (κ2) is 14.8. The molecule has 0 saturated heterocycles. The number of hydrogen-bond acceptors (Lipinski definition) is 6. The van der Waals surface area contributed by atoms with Crippen LogP contribution in [-0.2, 0) is 19.8 Å². The molecule has 15 heteroatoms. The van der Waals surface area contributed by atoms with E-state index >= 15 is 0 Å². The molecular weight excluding hydrogens is 649 g/mol. The van der Waals surface area contributed by atoms with Gasteiger partial charge in [-0.3, -0.25) is 14.5 Å². The van der Waals surface area contributed by atoms with Gasteiger partial charge in [-0.2, -0.15) is 17.4 Å². The Labute approximate surface area is 270 Å². The zero-order chi connectivity index (χ0) is 33.6. The summed E-state index contributed by atoms with van der Waals surface area (Å²) in [5.74, 6) is -5.03. The summed E-state index contributed by atoms with van der Waals surface area (Å²) in [6, 6.07) is 13.8. The molecule has 1 aliphatic carbocycles. The normalized spacial score (nSPS) is 15.9. The highest BCUT2D eigenvalue weighted by Gasteiger charge is 2.47. The molecule has 46 heavy (non-hydrogen) atoms. The number of aliphatic hydroxyl groups is 1. The quantitative estimate of drug-likeness (QED) is 0.232. The molecule has 0 spiro atoms. The Bertz CT molecular complexity index is 1640. The summed E-state index contributed by atoms with van der Waals surface area (Å²) in [5, 5.41) is 11.9. The highest BCUT2D eigenvalue weighted by atomic mass is 35.5. The molecule has 3 aromatic carbocycles. The number of aliphatic hydroxyl groups excluding tert-OH is 1. The maximum Gasteiger partial charge on any atom is 0.280 e. The lowest BCUT2D eigenvalue weighted by molar-refractivity contribution is -0.132. The summed E-state index contributed by atoms with van der Waals surface area (Å²) in [6.45, 7) is -0.204. The lowest BCUT2D eigenvalue weighted by atomic mass is 9.87. The molecule has 3 aromatic rings. The molecule has 1 aliphatic rings. The van der Waals surface area contributed by atoms with Gasteiger partial charge in [0, 0.05) is 47.7 Å². The van der Waals surface area contributed by atoms with Crippen molar-refractivity contribution in [3.8, 4) is 5.75 Å². The summed E-state index contributed by atoms with van der Waals surface area (Å²) >= 11 is 6.49. The number of alkyl halides is 2. The van der Waals surface area contributed by atoms with Gasteiger partial charge < -0.3 is 15.2 Å². The van der Waals surface area contributed by atoms with Crippen LogP contribution in [0.3, 0.4) is 0 Å².